The molecule has 3 N–H and O–H groups in total. The van der Waals surface area contributed by atoms with Crippen molar-refractivity contribution in [2.45, 2.75) is 18.4 Å². The maximum atomic E-state index is 11.5. The molecule has 0 spiro atoms. The second kappa shape index (κ2) is 4.78. The van der Waals surface area contributed by atoms with Crippen LogP contribution in [0.4, 0.5) is 0 Å². The molecule has 0 heterocycles. The van der Waals surface area contributed by atoms with Crippen molar-refractivity contribution in [3.05, 3.63) is 35.4 Å². The Morgan fingerprint density at radius 2 is 1.83 bits per heavy atom. The summed E-state index contributed by atoms with van der Waals surface area (Å²) in [7, 11) is 1.53. The topological polar surface area (TPSA) is 78.4 Å². The number of amides is 1. The lowest BCUT2D eigenvalue weighted by atomic mass is 9.96. The standard InChI is InChI=1S/C13H16N2O3/c1-14-11(16)8-15-13(12(17)18)6-9-4-2-3-5-10(9)7-13/h2-5,15H,6-8H2,1H3,(H,14,16)(H,17,18). The number of hydrogen-bond acceptors (Lipinski definition) is 3. The first-order valence-electron chi connectivity index (χ1n) is 5.83. The third-order valence-electron chi connectivity index (χ3n) is 3.38. The second-order valence-electron chi connectivity index (χ2n) is 4.54. The van der Waals surface area contributed by atoms with E-state index in [4.69, 9.17) is 0 Å². The van der Waals surface area contributed by atoms with E-state index in [-0.39, 0.29) is 12.5 Å². The van der Waals surface area contributed by atoms with E-state index < -0.39 is 11.5 Å². The SMILES string of the molecule is CNC(=O)CNC1(C(=O)O)Cc2ccccc2C1. The molecule has 0 saturated heterocycles. The summed E-state index contributed by atoms with van der Waals surface area (Å²) in [5, 5.41) is 14.8. The Morgan fingerprint density at radius 1 is 1.28 bits per heavy atom. The first kappa shape index (κ1) is 12.6. The van der Waals surface area contributed by atoms with Crippen LogP contribution in [0, 0.1) is 0 Å². The average molecular weight is 248 g/mol. The zero-order chi connectivity index (χ0) is 13.2. The molecule has 1 aliphatic carbocycles. The second-order valence-corrected chi connectivity index (χ2v) is 4.54. The van der Waals surface area contributed by atoms with Crippen LogP contribution in [0.15, 0.2) is 24.3 Å². The van der Waals surface area contributed by atoms with Gasteiger partial charge in [-0.1, -0.05) is 24.3 Å². The molecule has 96 valence electrons. The quantitative estimate of drug-likeness (QED) is 0.698. The van der Waals surface area contributed by atoms with Crippen LogP contribution in [-0.2, 0) is 22.4 Å². The van der Waals surface area contributed by atoms with Gasteiger partial charge in [-0.05, 0) is 11.1 Å². The maximum absolute atomic E-state index is 11.5. The van der Waals surface area contributed by atoms with E-state index >= 15 is 0 Å². The van der Waals surface area contributed by atoms with Crippen molar-refractivity contribution >= 4 is 11.9 Å². The summed E-state index contributed by atoms with van der Waals surface area (Å²) in [6.07, 6.45) is 0.824. The number of likely N-dealkylation sites (N-methyl/N-ethyl adjacent to an activating group) is 1. The number of rotatable bonds is 4. The molecule has 0 unspecified atom stereocenters. The van der Waals surface area contributed by atoms with Gasteiger partial charge in [0.1, 0.15) is 5.54 Å². The van der Waals surface area contributed by atoms with Gasteiger partial charge in [0.15, 0.2) is 0 Å². The molecule has 0 aromatic heterocycles. The highest BCUT2D eigenvalue weighted by Crippen LogP contribution is 2.30. The van der Waals surface area contributed by atoms with Gasteiger partial charge in [-0.3, -0.25) is 14.9 Å². The van der Waals surface area contributed by atoms with Gasteiger partial charge < -0.3 is 10.4 Å². The van der Waals surface area contributed by atoms with E-state index in [0.717, 1.165) is 11.1 Å². The lowest BCUT2D eigenvalue weighted by Gasteiger charge is -2.25. The molecule has 0 fully saturated rings. The third kappa shape index (κ3) is 2.22. The molecule has 5 heteroatoms. The van der Waals surface area contributed by atoms with Gasteiger partial charge in [0.2, 0.25) is 5.91 Å². The van der Waals surface area contributed by atoms with Gasteiger partial charge in [0, 0.05) is 19.9 Å². The number of carbonyl (C=O) groups is 2. The van der Waals surface area contributed by atoms with Crippen molar-refractivity contribution in [1.29, 1.82) is 0 Å². The molecule has 1 aliphatic rings. The number of aliphatic carboxylic acids is 1. The predicted octanol–water partition coefficient (Wildman–Crippen LogP) is -0.0558. The fourth-order valence-electron chi connectivity index (χ4n) is 2.30. The Balaban J connectivity index is 2.17. The van der Waals surface area contributed by atoms with E-state index in [9.17, 15) is 14.7 Å². The van der Waals surface area contributed by atoms with Crippen LogP contribution < -0.4 is 10.6 Å². The third-order valence-corrected chi connectivity index (χ3v) is 3.38. The molecular weight excluding hydrogens is 232 g/mol. The van der Waals surface area contributed by atoms with E-state index in [0.29, 0.717) is 12.8 Å². The molecule has 2 rings (SSSR count). The van der Waals surface area contributed by atoms with Crippen molar-refractivity contribution in [3.8, 4) is 0 Å². The van der Waals surface area contributed by atoms with E-state index in [1.807, 2.05) is 24.3 Å². The van der Waals surface area contributed by atoms with Crippen LogP contribution in [0.5, 0.6) is 0 Å². The molecule has 1 aromatic carbocycles. The largest absolute Gasteiger partial charge is 0.480 e. The monoisotopic (exact) mass is 248 g/mol. The number of benzene rings is 1. The summed E-state index contributed by atoms with van der Waals surface area (Å²) in [5.41, 5.74) is 1.00. The van der Waals surface area contributed by atoms with Crippen LogP contribution in [0.25, 0.3) is 0 Å². The van der Waals surface area contributed by atoms with E-state index in [2.05, 4.69) is 10.6 Å². The van der Waals surface area contributed by atoms with Gasteiger partial charge >= 0.3 is 5.97 Å². The van der Waals surface area contributed by atoms with Crippen LogP contribution in [-0.4, -0.2) is 36.1 Å². The van der Waals surface area contributed by atoms with Crippen LogP contribution in [0.3, 0.4) is 0 Å². The first-order chi connectivity index (χ1) is 8.57. The fourth-order valence-corrected chi connectivity index (χ4v) is 2.30. The molecule has 0 aliphatic heterocycles. The number of hydrogen-bond donors (Lipinski definition) is 3. The van der Waals surface area contributed by atoms with Gasteiger partial charge in [-0.15, -0.1) is 0 Å². The molecular formula is C13H16N2O3. The van der Waals surface area contributed by atoms with E-state index in [1.54, 1.807) is 0 Å². The van der Waals surface area contributed by atoms with Crippen molar-refractivity contribution in [2.24, 2.45) is 0 Å². The molecule has 1 amide bonds. The number of carbonyl (C=O) groups excluding carboxylic acids is 1. The van der Waals surface area contributed by atoms with Gasteiger partial charge in [-0.2, -0.15) is 0 Å². The molecule has 5 nitrogen and oxygen atoms in total. The molecule has 0 bridgehead atoms. The minimum absolute atomic E-state index is 0.0107. The summed E-state index contributed by atoms with van der Waals surface area (Å²) < 4.78 is 0. The summed E-state index contributed by atoms with van der Waals surface area (Å²) >= 11 is 0. The highest BCUT2D eigenvalue weighted by atomic mass is 16.4. The van der Waals surface area contributed by atoms with Crippen molar-refractivity contribution in [2.75, 3.05) is 13.6 Å². The lowest BCUT2D eigenvalue weighted by molar-refractivity contribution is -0.144. The Morgan fingerprint density at radius 3 is 2.28 bits per heavy atom. The summed E-state index contributed by atoms with van der Waals surface area (Å²) in [6, 6.07) is 7.66. The zero-order valence-corrected chi connectivity index (χ0v) is 10.2. The van der Waals surface area contributed by atoms with Gasteiger partial charge in [0.05, 0.1) is 6.54 Å². The van der Waals surface area contributed by atoms with Gasteiger partial charge in [-0.25, -0.2) is 0 Å². The number of nitrogens with one attached hydrogen (secondary N) is 2. The lowest BCUT2D eigenvalue weighted by Crippen LogP contribution is -2.55. The Bertz CT molecular complexity index is 460. The molecule has 18 heavy (non-hydrogen) atoms. The Hall–Kier alpha value is -1.88. The normalized spacial score (nSPS) is 16.1. The van der Waals surface area contributed by atoms with Crippen molar-refractivity contribution in [1.82, 2.24) is 10.6 Å². The predicted molar refractivity (Wildman–Crippen MR) is 66.3 cm³/mol. The van der Waals surface area contributed by atoms with Crippen LogP contribution in [0.2, 0.25) is 0 Å². The number of carboxylic acid groups (broad SMARTS) is 1. The minimum Gasteiger partial charge on any atom is -0.480 e. The smallest absolute Gasteiger partial charge is 0.324 e. The summed E-state index contributed by atoms with van der Waals surface area (Å²) in [6.45, 7) is 0.0107. The number of carboxylic acids is 1. The molecule has 0 atom stereocenters. The average Bonchev–Trinajstić information content (AvgIpc) is 2.75. The summed E-state index contributed by atoms with van der Waals surface area (Å²) in [4.78, 5) is 22.7. The van der Waals surface area contributed by atoms with Crippen molar-refractivity contribution < 1.29 is 14.7 Å². The van der Waals surface area contributed by atoms with Gasteiger partial charge in [0.25, 0.3) is 0 Å². The molecule has 0 saturated carbocycles. The highest BCUT2D eigenvalue weighted by Gasteiger charge is 2.43. The van der Waals surface area contributed by atoms with Crippen LogP contribution in [0.1, 0.15) is 11.1 Å². The van der Waals surface area contributed by atoms with E-state index in [1.165, 1.54) is 7.05 Å². The summed E-state index contributed by atoms with van der Waals surface area (Å²) in [5.74, 6) is -1.13. The first-order valence-corrected chi connectivity index (χ1v) is 5.83. The molecule has 1 aromatic rings. The zero-order valence-electron chi connectivity index (χ0n) is 10.2. The minimum atomic E-state index is -1.06. The van der Waals surface area contributed by atoms with Crippen LogP contribution >= 0.6 is 0 Å². The van der Waals surface area contributed by atoms with Crippen molar-refractivity contribution in [3.63, 3.8) is 0 Å². The highest BCUT2D eigenvalue weighted by molar-refractivity contribution is 5.83. The molecule has 0 radical (unpaired) electrons. The number of fused-ring (bicyclic) bond motifs is 1. The maximum Gasteiger partial charge on any atom is 0.324 e. The Kier molecular flexibility index (Phi) is 3.34. The fraction of sp³-hybridized carbons (Fsp3) is 0.385. The Labute approximate surface area is 105 Å².